The lowest BCUT2D eigenvalue weighted by molar-refractivity contribution is -0.341. The summed E-state index contributed by atoms with van der Waals surface area (Å²) in [5.41, 5.74) is -1.79. The molecule has 0 unspecified atom stereocenters. The van der Waals surface area contributed by atoms with Gasteiger partial charge in [-0.2, -0.15) is 0 Å². The van der Waals surface area contributed by atoms with Crippen LogP contribution >= 0.6 is 0 Å². The highest BCUT2D eigenvalue weighted by atomic mass is 16.7. The summed E-state index contributed by atoms with van der Waals surface area (Å²) in [4.78, 5) is 0. The lowest BCUT2D eigenvalue weighted by Crippen LogP contribution is -2.57. The van der Waals surface area contributed by atoms with Gasteiger partial charge in [-0.05, 0) is 13.8 Å². The molecule has 0 aliphatic carbocycles. The van der Waals surface area contributed by atoms with Gasteiger partial charge in [-0.25, -0.2) is 0 Å². The molecule has 6 nitrogen and oxygen atoms in total. The smallest absolute Gasteiger partial charge is 0.185 e. The van der Waals surface area contributed by atoms with E-state index in [2.05, 4.69) is 0 Å². The Kier molecular flexibility index (Phi) is 5.80. The summed E-state index contributed by atoms with van der Waals surface area (Å²) < 4.78 is 22.7. The van der Waals surface area contributed by atoms with Crippen molar-refractivity contribution in [3.05, 3.63) is 0 Å². The summed E-state index contributed by atoms with van der Waals surface area (Å²) in [7, 11) is 0. The van der Waals surface area contributed by atoms with Gasteiger partial charge in [0.1, 0.15) is 5.60 Å². The van der Waals surface area contributed by atoms with E-state index in [-0.39, 0.29) is 19.4 Å². The maximum absolute atomic E-state index is 9.87. The van der Waals surface area contributed by atoms with Crippen LogP contribution in [0.4, 0.5) is 0 Å². The summed E-state index contributed by atoms with van der Waals surface area (Å²) in [6.07, 6.45) is -1.05. The molecular formula is C15H30O6. The van der Waals surface area contributed by atoms with E-state index in [1.54, 1.807) is 13.8 Å². The molecule has 0 amide bonds. The van der Waals surface area contributed by atoms with Crippen LogP contribution in [0.15, 0.2) is 0 Å². The Labute approximate surface area is 127 Å². The topological polar surface area (TPSA) is 77.4 Å². The Morgan fingerprint density at radius 2 is 1.29 bits per heavy atom. The van der Waals surface area contributed by atoms with Crippen LogP contribution in [-0.2, 0) is 18.9 Å². The van der Waals surface area contributed by atoms with Crippen LogP contribution in [0.25, 0.3) is 0 Å². The van der Waals surface area contributed by atoms with Gasteiger partial charge in [-0.15, -0.1) is 0 Å². The first kappa shape index (κ1) is 18.8. The summed E-state index contributed by atoms with van der Waals surface area (Å²) >= 11 is 0. The molecule has 0 aromatic heterocycles. The molecule has 21 heavy (non-hydrogen) atoms. The van der Waals surface area contributed by atoms with Crippen LogP contribution in [0.1, 0.15) is 35.1 Å². The van der Waals surface area contributed by atoms with Crippen molar-refractivity contribution < 1.29 is 29.2 Å². The molecule has 1 spiro atoms. The molecule has 2 heterocycles. The fourth-order valence-corrected chi connectivity index (χ4v) is 2.29. The summed E-state index contributed by atoms with van der Waals surface area (Å²) in [5.74, 6) is 0. The number of aliphatic hydroxyl groups excluding tert-OH is 1. The second kappa shape index (κ2) is 6.48. The average molecular weight is 306 g/mol. The largest absolute Gasteiger partial charge is 0.396 e. The van der Waals surface area contributed by atoms with Crippen LogP contribution < -0.4 is 0 Å². The molecule has 0 radical (unpaired) electrons. The van der Waals surface area contributed by atoms with E-state index in [0.29, 0.717) is 26.4 Å². The minimum Gasteiger partial charge on any atom is -0.396 e. The number of ether oxygens (including phenoxy) is 4. The first-order chi connectivity index (χ1) is 9.19. The summed E-state index contributed by atoms with van der Waals surface area (Å²) in [6.45, 7) is 8.87. The second-order valence-corrected chi connectivity index (χ2v) is 7.21. The zero-order valence-corrected chi connectivity index (χ0v) is 12.7. The maximum Gasteiger partial charge on any atom is 0.185 e. The van der Waals surface area contributed by atoms with E-state index in [0.717, 1.165) is 0 Å². The van der Waals surface area contributed by atoms with Crippen molar-refractivity contribution >= 4 is 0 Å². The van der Waals surface area contributed by atoms with E-state index < -0.39 is 23.6 Å². The zero-order valence-electron chi connectivity index (χ0n) is 12.7. The first-order valence-electron chi connectivity index (χ1n) is 6.98. The third kappa shape index (κ3) is 4.15. The molecule has 0 atom stereocenters. The number of hydrogen-bond donors (Lipinski definition) is 2. The van der Waals surface area contributed by atoms with E-state index in [1.807, 2.05) is 13.8 Å². The molecule has 126 valence electrons. The normalized spacial score (nSPS) is 34.6. The van der Waals surface area contributed by atoms with Gasteiger partial charge in [0.05, 0.1) is 38.4 Å². The van der Waals surface area contributed by atoms with E-state index >= 15 is 0 Å². The SMILES string of the molecule is C.CC(C)(O)C1OCC2(CO1)COC(C(C)(C)CO)OC2. The van der Waals surface area contributed by atoms with Crippen LogP contribution in [0, 0.1) is 10.8 Å². The number of rotatable bonds is 3. The fraction of sp³-hybridized carbons (Fsp3) is 1.00. The third-order valence-corrected chi connectivity index (χ3v) is 3.79. The molecule has 0 saturated carbocycles. The van der Waals surface area contributed by atoms with Crippen LogP contribution in [0.5, 0.6) is 0 Å². The van der Waals surface area contributed by atoms with Crippen LogP contribution in [0.2, 0.25) is 0 Å². The predicted molar refractivity (Wildman–Crippen MR) is 77.7 cm³/mol. The van der Waals surface area contributed by atoms with Crippen molar-refractivity contribution in [2.45, 2.75) is 53.3 Å². The van der Waals surface area contributed by atoms with Gasteiger partial charge < -0.3 is 29.2 Å². The molecule has 0 aromatic carbocycles. The molecule has 2 aliphatic rings. The second-order valence-electron chi connectivity index (χ2n) is 7.21. The quantitative estimate of drug-likeness (QED) is 0.814. The van der Waals surface area contributed by atoms with Gasteiger partial charge in [0.15, 0.2) is 12.6 Å². The van der Waals surface area contributed by atoms with Crippen molar-refractivity contribution in [1.29, 1.82) is 0 Å². The molecule has 2 aliphatic heterocycles. The highest BCUT2D eigenvalue weighted by Crippen LogP contribution is 2.36. The minimum atomic E-state index is -1.03. The van der Waals surface area contributed by atoms with Crippen molar-refractivity contribution in [2.24, 2.45) is 10.8 Å². The number of hydrogen-bond acceptors (Lipinski definition) is 6. The standard InChI is InChI=1S/C14H26O6.CH4/c1-12(2,5-15)10-17-6-14(7-18-10)8-19-11(20-9-14)13(3,4)16;/h10-11,15-16H,5-9H2,1-4H3;1H4. The van der Waals surface area contributed by atoms with Gasteiger partial charge in [0, 0.05) is 5.41 Å². The van der Waals surface area contributed by atoms with Crippen molar-refractivity contribution in [3.63, 3.8) is 0 Å². The Morgan fingerprint density at radius 3 is 1.62 bits per heavy atom. The van der Waals surface area contributed by atoms with Crippen molar-refractivity contribution in [3.8, 4) is 0 Å². The van der Waals surface area contributed by atoms with Crippen LogP contribution in [-0.4, -0.2) is 61.4 Å². The highest BCUT2D eigenvalue weighted by Gasteiger charge is 2.47. The molecule has 0 aromatic rings. The van der Waals surface area contributed by atoms with Gasteiger partial charge in [0.2, 0.25) is 0 Å². The molecule has 2 saturated heterocycles. The Bertz CT molecular complexity index is 318. The zero-order chi connectivity index (χ0) is 15.0. The molecule has 2 fully saturated rings. The predicted octanol–water partition coefficient (Wildman–Crippen LogP) is 1.14. The number of aliphatic hydroxyl groups is 2. The third-order valence-electron chi connectivity index (χ3n) is 3.79. The highest BCUT2D eigenvalue weighted by molar-refractivity contribution is 4.88. The first-order valence-corrected chi connectivity index (χ1v) is 6.98. The summed E-state index contributed by atoms with van der Waals surface area (Å²) in [6, 6.07) is 0. The Morgan fingerprint density at radius 1 is 0.905 bits per heavy atom. The molecule has 2 N–H and O–H groups in total. The van der Waals surface area contributed by atoms with Gasteiger partial charge in [-0.1, -0.05) is 21.3 Å². The minimum absolute atomic E-state index is 0. The molecule has 6 heteroatoms. The van der Waals surface area contributed by atoms with Gasteiger partial charge >= 0.3 is 0 Å². The summed E-state index contributed by atoms with van der Waals surface area (Å²) in [5, 5.41) is 19.2. The van der Waals surface area contributed by atoms with Crippen LogP contribution in [0.3, 0.4) is 0 Å². The average Bonchev–Trinajstić information content (AvgIpc) is 2.39. The maximum atomic E-state index is 9.87. The monoisotopic (exact) mass is 306 g/mol. The molecular weight excluding hydrogens is 276 g/mol. The van der Waals surface area contributed by atoms with Crippen molar-refractivity contribution in [2.75, 3.05) is 33.0 Å². The van der Waals surface area contributed by atoms with E-state index in [1.165, 1.54) is 0 Å². The molecule has 0 bridgehead atoms. The Hall–Kier alpha value is -0.240. The lowest BCUT2D eigenvalue weighted by atomic mass is 9.88. The molecule has 2 rings (SSSR count). The lowest BCUT2D eigenvalue weighted by Gasteiger charge is -2.47. The Balaban J connectivity index is 0.00000220. The van der Waals surface area contributed by atoms with Gasteiger partial charge in [0.25, 0.3) is 0 Å². The van der Waals surface area contributed by atoms with Gasteiger partial charge in [-0.3, -0.25) is 0 Å². The van der Waals surface area contributed by atoms with E-state index in [4.69, 9.17) is 18.9 Å². The fourth-order valence-electron chi connectivity index (χ4n) is 2.29. The van der Waals surface area contributed by atoms with E-state index in [9.17, 15) is 10.2 Å². The van der Waals surface area contributed by atoms with Crippen molar-refractivity contribution in [1.82, 2.24) is 0 Å².